The molecule has 156 valence electrons. The Hall–Kier alpha value is -3.41. The van der Waals surface area contributed by atoms with Gasteiger partial charge in [-0.3, -0.25) is 9.59 Å². The third-order valence-electron chi connectivity index (χ3n) is 5.57. The second-order valence-corrected chi connectivity index (χ2v) is 7.81. The van der Waals surface area contributed by atoms with Crippen molar-refractivity contribution in [1.82, 2.24) is 9.88 Å². The summed E-state index contributed by atoms with van der Waals surface area (Å²) in [6.07, 6.45) is 1.56. The van der Waals surface area contributed by atoms with E-state index in [9.17, 15) is 14.4 Å². The molecule has 0 saturated heterocycles. The van der Waals surface area contributed by atoms with Crippen molar-refractivity contribution in [3.05, 3.63) is 82.1 Å². The number of rotatable bonds is 6. The number of esters is 1. The fourth-order valence-electron chi connectivity index (χ4n) is 3.36. The van der Waals surface area contributed by atoms with E-state index in [2.05, 4.69) is 5.32 Å². The third kappa shape index (κ3) is 3.99. The first-order valence-corrected chi connectivity index (χ1v) is 9.85. The first-order valence-electron chi connectivity index (χ1n) is 9.85. The zero-order valence-electron chi connectivity index (χ0n) is 17.6. The molecule has 1 aromatic heterocycles. The number of para-hydroxylation sites is 1. The Morgan fingerprint density at radius 2 is 1.70 bits per heavy atom. The number of benzene rings is 2. The van der Waals surface area contributed by atoms with Gasteiger partial charge in [-0.15, -0.1) is 0 Å². The van der Waals surface area contributed by atoms with E-state index in [1.807, 2.05) is 60.9 Å². The number of nitrogens with zero attached hydrogens (tertiary/aromatic N) is 1. The summed E-state index contributed by atoms with van der Waals surface area (Å²) in [5.74, 6) is -1.40. The van der Waals surface area contributed by atoms with Gasteiger partial charge < -0.3 is 14.6 Å². The lowest BCUT2D eigenvalue weighted by molar-refractivity contribution is -0.149. The van der Waals surface area contributed by atoms with Crippen LogP contribution in [0, 0.1) is 5.92 Å². The third-order valence-corrected chi connectivity index (χ3v) is 5.57. The van der Waals surface area contributed by atoms with Crippen molar-refractivity contribution < 1.29 is 14.3 Å². The second kappa shape index (κ2) is 8.53. The highest BCUT2D eigenvalue weighted by molar-refractivity contribution is 6.00. The molecule has 0 bridgehead atoms. The zero-order valence-corrected chi connectivity index (χ0v) is 17.6. The molecule has 0 fully saturated rings. The lowest BCUT2D eigenvalue weighted by Crippen LogP contribution is -2.57. The van der Waals surface area contributed by atoms with Crippen LogP contribution in [-0.2, 0) is 16.1 Å². The normalized spacial score (nSPS) is 13.1. The molecule has 0 unspecified atom stereocenters. The molecule has 0 saturated carbocycles. The molecule has 2 aromatic carbocycles. The van der Waals surface area contributed by atoms with Crippen molar-refractivity contribution in [2.45, 2.75) is 32.9 Å². The minimum absolute atomic E-state index is 0.0135. The summed E-state index contributed by atoms with van der Waals surface area (Å²) in [7, 11) is 1.28. The summed E-state index contributed by atoms with van der Waals surface area (Å²) >= 11 is 0. The number of amides is 1. The van der Waals surface area contributed by atoms with Gasteiger partial charge in [0.1, 0.15) is 11.1 Å². The van der Waals surface area contributed by atoms with Crippen LogP contribution >= 0.6 is 0 Å². The first kappa shape index (κ1) is 21.3. The molecular weight excluding hydrogens is 380 g/mol. The molecule has 30 heavy (non-hydrogen) atoms. The van der Waals surface area contributed by atoms with Crippen LogP contribution in [0.15, 0.2) is 65.6 Å². The average molecular weight is 406 g/mol. The van der Waals surface area contributed by atoms with Gasteiger partial charge in [0.05, 0.1) is 12.6 Å². The van der Waals surface area contributed by atoms with Crippen LogP contribution in [-0.4, -0.2) is 29.1 Å². The number of pyridine rings is 1. The molecule has 0 radical (unpaired) electrons. The monoisotopic (exact) mass is 406 g/mol. The average Bonchev–Trinajstić information content (AvgIpc) is 2.75. The number of ether oxygens (including phenoxy) is 1. The number of aromatic nitrogens is 1. The van der Waals surface area contributed by atoms with Crippen molar-refractivity contribution >= 4 is 22.8 Å². The number of nitrogens with one attached hydrogen (secondary N) is 1. The lowest BCUT2D eigenvalue weighted by atomic mass is 9.88. The largest absolute Gasteiger partial charge is 0.467 e. The minimum atomic E-state index is -1.26. The van der Waals surface area contributed by atoms with Crippen LogP contribution in [0.2, 0.25) is 0 Å². The number of hydrogen-bond acceptors (Lipinski definition) is 4. The summed E-state index contributed by atoms with van der Waals surface area (Å²) in [6, 6.07) is 17.0. The van der Waals surface area contributed by atoms with Crippen molar-refractivity contribution in [2.24, 2.45) is 5.92 Å². The van der Waals surface area contributed by atoms with Gasteiger partial charge in [0, 0.05) is 18.1 Å². The summed E-state index contributed by atoms with van der Waals surface area (Å²) in [5.41, 5.74) is 0.138. The highest BCUT2D eigenvalue weighted by Crippen LogP contribution is 2.20. The van der Waals surface area contributed by atoms with Gasteiger partial charge in [0.2, 0.25) is 5.43 Å². The van der Waals surface area contributed by atoms with Crippen LogP contribution in [0.5, 0.6) is 0 Å². The predicted octanol–water partition coefficient (Wildman–Crippen LogP) is 3.37. The molecule has 3 rings (SSSR count). The Morgan fingerprint density at radius 1 is 1.07 bits per heavy atom. The van der Waals surface area contributed by atoms with Gasteiger partial charge in [-0.1, -0.05) is 56.3 Å². The SMILES string of the molecule is COC(=O)[C@@](C)(NC(=O)c1cn(Cc2ccccc2)c2ccccc2c1=O)C(C)C. The van der Waals surface area contributed by atoms with Crippen LogP contribution < -0.4 is 10.7 Å². The van der Waals surface area contributed by atoms with Crippen molar-refractivity contribution in [3.63, 3.8) is 0 Å². The molecular formula is C24H26N2O4. The molecule has 0 aliphatic carbocycles. The maximum atomic E-state index is 13.1. The molecule has 0 aliphatic rings. The lowest BCUT2D eigenvalue weighted by Gasteiger charge is -2.31. The van der Waals surface area contributed by atoms with E-state index >= 15 is 0 Å². The fourth-order valence-corrected chi connectivity index (χ4v) is 3.36. The van der Waals surface area contributed by atoms with Crippen LogP contribution in [0.1, 0.15) is 36.7 Å². The van der Waals surface area contributed by atoms with Gasteiger partial charge in [-0.25, -0.2) is 4.79 Å². The van der Waals surface area contributed by atoms with Gasteiger partial charge in [0.25, 0.3) is 5.91 Å². The van der Waals surface area contributed by atoms with Crippen LogP contribution in [0.4, 0.5) is 0 Å². The summed E-state index contributed by atoms with van der Waals surface area (Å²) in [5, 5.41) is 3.18. The molecule has 6 heteroatoms. The van der Waals surface area contributed by atoms with Crippen molar-refractivity contribution in [3.8, 4) is 0 Å². The predicted molar refractivity (Wildman–Crippen MR) is 116 cm³/mol. The molecule has 1 atom stereocenters. The number of carbonyl (C=O) groups excluding carboxylic acids is 2. The van der Waals surface area contributed by atoms with Crippen LogP contribution in [0.25, 0.3) is 10.9 Å². The first-order chi connectivity index (χ1) is 14.3. The molecule has 3 aromatic rings. The summed E-state index contributed by atoms with van der Waals surface area (Å²) in [6.45, 7) is 5.72. The van der Waals surface area contributed by atoms with Gasteiger partial charge >= 0.3 is 5.97 Å². The fraction of sp³-hybridized carbons (Fsp3) is 0.292. The zero-order chi connectivity index (χ0) is 21.9. The van der Waals surface area contributed by atoms with Crippen molar-refractivity contribution in [1.29, 1.82) is 0 Å². The Morgan fingerprint density at radius 3 is 2.33 bits per heavy atom. The second-order valence-electron chi connectivity index (χ2n) is 7.81. The van der Waals surface area contributed by atoms with E-state index in [4.69, 9.17) is 4.74 Å². The summed E-state index contributed by atoms with van der Waals surface area (Å²) < 4.78 is 6.76. The van der Waals surface area contributed by atoms with Crippen LogP contribution in [0.3, 0.4) is 0 Å². The highest BCUT2D eigenvalue weighted by Gasteiger charge is 2.40. The van der Waals surface area contributed by atoms with E-state index in [0.29, 0.717) is 11.9 Å². The molecule has 6 nitrogen and oxygen atoms in total. The van der Waals surface area contributed by atoms with Gasteiger partial charge in [0.15, 0.2) is 0 Å². The number of carbonyl (C=O) groups is 2. The van der Waals surface area contributed by atoms with Crippen molar-refractivity contribution in [2.75, 3.05) is 7.11 Å². The topological polar surface area (TPSA) is 77.4 Å². The number of hydrogen-bond donors (Lipinski definition) is 1. The Bertz CT molecular complexity index is 1130. The highest BCUT2D eigenvalue weighted by atomic mass is 16.5. The minimum Gasteiger partial charge on any atom is -0.467 e. The molecule has 1 heterocycles. The van der Waals surface area contributed by atoms with E-state index in [-0.39, 0.29) is 16.9 Å². The van der Waals surface area contributed by atoms with Gasteiger partial charge in [-0.2, -0.15) is 0 Å². The Balaban J connectivity index is 2.09. The Kier molecular flexibility index (Phi) is 6.06. The smallest absolute Gasteiger partial charge is 0.331 e. The van der Waals surface area contributed by atoms with E-state index in [1.165, 1.54) is 7.11 Å². The summed E-state index contributed by atoms with van der Waals surface area (Å²) in [4.78, 5) is 38.5. The number of methoxy groups -OCH3 is 1. The molecule has 0 spiro atoms. The number of fused-ring (bicyclic) bond motifs is 1. The maximum Gasteiger partial charge on any atom is 0.331 e. The van der Waals surface area contributed by atoms with E-state index in [0.717, 1.165) is 11.1 Å². The molecule has 1 amide bonds. The van der Waals surface area contributed by atoms with Gasteiger partial charge in [-0.05, 0) is 30.5 Å². The maximum absolute atomic E-state index is 13.1. The standard InChI is InChI=1S/C24H26N2O4/c1-16(2)24(3,23(29)30-4)25-22(28)19-15-26(14-17-10-6-5-7-11-17)20-13-9-8-12-18(20)21(19)27/h5-13,15-16H,14H2,1-4H3,(H,25,28)/t24-/m0/s1. The quantitative estimate of drug-likeness (QED) is 0.637. The van der Waals surface area contributed by atoms with E-state index < -0.39 is 17.4 Å². The Labute approximate surface area is 175 Å². The van der Waals surface area contributed by atoms with E-state index in [1.54, 1.807) is 25.3 Å². The molecule has 1 N–H and O–H groups in total. The molecule has 0 aliphatic heterocycles.